The normalized spacial score (nSPS) is 13.4. The Balaban J connectivity index is 2.16. The summed E-state index contributed by atoms with van der Waals surface area (Å²) in [7, 11) is 0. The van der Waals surface area contributed by atoms with Crippen LogP contribution in [0.4, 0.5) is 0 Å². The fourth-order valence-corrected chi connectivity index (χ4v) is 2.53. The monoisotopic (exact) mass is 298 g/mol. The third-order valence-corrected chi connectivity index (χ3v) is 3.72. The van der Waals surface area contributed by atoms with Gasteiger partial charge in [-0.3, -0.25) is 4.79 Å². The standard InChI is InChI=1S/C19H22O3/c1-2-22-18(20)15-19(21,17-11-7-4-8-12-17)14-13-16-9-5-3-6-10-16/h3-12,21H,2,13-15H2,1H3/t19-/m1/s1. The lowest BCUT2D eigenvalue weighted by Crippen LogP contribution is -2.30. The van der Waals surface area contributed by atoms with Gasteiger partial charge >= 0.3 is 5.97 Å². The van der Waals surface area contributed by atoms with Crippen molar-refractivity contribution in [2.75, 3.05) is 6.61 Å². The number of carbonyl (C=O) groups excluding carboxylic acids is 1. The molecule has 0 fully saturated rings. The van der Waals surface area contributed by atoms with E-state index in [9.17, 15) is 9.90 Å². The first-order valence-corrected chi connectivity index (χ1v) is 7.61. The minimum atomic E-state index is -1.21. The first kappa shape index (κ1) is 16.2. The molecule has 0 spiro atoms. The topological polar surface area (TPSA) is 46.5 Å². The van der Waals surface area contributed by atoms with E-state index in [4.69, 9.17) is 4.74 Å². The van der Waals surface area contributed by atoms with Crippen molar-refractivity contribution in [3.05, 3.63) is 71.8 Å². The third kappa shape index (κ3) is 4.43. The van der Waals surface area contributed by atoms with Crippen molar-refractivity contribution in [1.82, 2.24) is 0 Å². The number of hydrogen-bond donors (Lipinski definition) is 1. The number of benzene rings is 2. The van der Waals surface area contributed by atoms with Crippen LogP contribution >= 0.6 is 0 Å². The minimum Gasteiger partial charge on any atom is -0.466 e. The molecule has 0 amide bonds. The zero-order chi connectivity index (χ0) is 15.8. The van der Waals surface area contributed by atoms with Gasteiger partial charge in [-0.15, -0.1) is 0 Å². The van der Waals surface area contributed by atoms with Crippen LogP contribution in [-0.4, -0.2) is 17.7 Å². The van der Waals surface area contributed by atoms with Crippen LogP contribution in [-0.2, 0) is 21.6 Å². The summed E-state index contributed by atoms with van der Waals surface area (Å²) in [5.74, 6) is -0.373. The van der Waals surface area contributed by atoms with Gasteiger partial charge in [0.2, 0.25) is 0 Å². The molecule has 1 atom stereocenters. The Labute approximate surface area is 131 Å². The van der Waals surface area contributed by atoms with Crippen molar-refractivity contribution in [2.45, 2.75) is 31.8 Å². The first-order chi connectivity index (χ1) is 10.6. The Morgan fingerprint density at radius 1 is 1.05 bits per heavy atom. The van der Waals surface area contributed by atoms with Crippen molar-refractivity contribution in [1.29, 1.82) is 0 Å². The lowest BCUT2D eigenvalue weighted by molar-refractivity contribution is -0.149. The average molecular weight is 298 g/mol. The van der Waals surface area contributed by atoms with Gasteiger partial charge < -0.3 is 9.84 Å². The van der Waals surface area contributed by atoms with Crippen LogP contribution in [0.25, 0.3) is 0 Å². The van der Waals surface area contributed by atoms with E-state index >= 15 is 0 Å². The highest BCUT2D eigenvalue weighted by Crippen LogP contribution is 2.30. The van der Waals surface area contributed by atoms with Gasteiger partial charge in [0, 0.05) is 0 Å². The SMILES string of the molecule is CCOC(=O)C[C@](O)(CCc1ccccc1)c1ccccc1. The molecule has 0 aliphatic rings. The molecule has 3 nitrogen and oxygen atoms in total. The number of hydrogen-bond acceptors (Lipinski definition) is 3. The maximum atomic E-state index is 11.9. The summed E-state index contributed by atoms with van der Waals surface area (Å²) in [5, 5.41) is 11.0. The molecule has 0 unspecified atom stereocenters. The Morgan fingerprint density at radius 3 is 2.23 bits per heavy atom. The highest BCUT2D eigenvalue weighted by atomic mass is 16.5. The summed E-state index contributed by atoms with van der Waals surface area (Å²) >= 11 is 0. The van der Waals surface area contributed by atoms with E-state index in [0.29, 0.717) is 19.4 Å². The molecule has 2 aromatic rings. The Morgan fingerprint density at radius 2 is 1.64 bits per heavy atom. The quantitative estimate of drug-likeness (QED) is 0.796. The highest BCUT2D eigenvalue weighted by Gasteiger charge is 2.32. The molecule has 0 aromatic heterocycles. The van der Waals surface area contributed by atoms with Gasteiger partial charge in [0.15, 0.2) is 0 Å². The van der Waals surface area contributed by atoms with Crippen molar-refractivity contribution in [3.63, 3.8) is 0 Å². The predicted molar refractivity (Wildman–Crippen MR) is 86.4 cm³/mol. The second kappa shape index (κ2) is 7.76. The maximum absolute atomic E-state index is 11.9. The van der Waals surface area contributed by atoms with Crippen LogP contribution in [0.2, 0.25) is 0 Å². The summed E-state index contributed by atoms with van der Waals surface area (Å²) < 4.78 is 5.01. The maximum Gasteiger partial charge on any atom is 0.309 e. The van der Waals surface area contributed by atoms with Gasteiger partial charge in [-0.25, -0.2) is 0 Å². The molecule has 0 heterocycles. The molecular formula is C19H22O3. The third-order valence-electron chi connectivity index (χ3n) is 3.72. The number of rotatable bonds is 7. The second-order valence-electron chi connectivity index (χ2n) is 5.37. The van der Waals surface area contributed by atoms with E-state index < -0.39 is 5.60 Å². The summed E-state index contributed by atoms with van der Waals surface area (Å²) in [5.41, 5.74) is 0.684. The number of aryl methyl sites for hydroxylation is 1. The van der Waals surface area contributed by atoms with Gasteiger partial charge in [0.1, 0.15) is 5.60 Å². The van der Waals surface area contributed by atoms with E-state index in [1.165, 1.54) is 0 Å². The van der Waals surface area contributed by atoms with Gasteiger partial charge in [-0.2, -0.15) is 0 Å². The largest absolute Gasteiger partial charge is 0.466 e. The Bertz CT molecular complexity index is 580. The van der Waals surface area contributed by atoms with E-state index in [1.54, 1.807) is 6.92 Å². The van der Waals surface area contributed by atoms with Crippen LogP contribution in [0.5, 0.6) is 0 Å². The van der Waals surface area contributed by atoms with Gasteiger partial charge in [-0.1, -0.05) is 60.7 Å². The predicted octanol–water partition coefficient (Wildman–Crippen LogP) is 3.46. The molecule has 2 aromatic carbocycles. The smallest absolute Gasteiger partial charge is 0.309 e. The zero-order valence-corrected chi connectivity index (χ0v) is 12.9. The average Bonchev–Trinajstić information content (AvgIpc) is 2.55. The van der Waals surface area contributed by atoms with Gasteiger partial charge in [-0.05, 0) is 30.9 Å². The lowest BCUT2D eigenvalue weighted by atomic mass is 9.85. The minimum absolute atomic E-state index is 0.0301. The second-order valence-corrected chi connectivity index (χ2v) is 5.37. The first-order valence-electron chi connectivity index (χ1n) is 7.61. The molecule has 0 bridgehead atoms. The summed E-state index contributed by atoms with van der Waals surface area (Å²) in [6.45, 7) is 2.09. The Kier molecular flexibility index (Phi) is 5.73. The van der Waals surface area contributed by atoms with Crippen molar-refractivity contribution < 1.29 is 14.6 Å². The Hall–Kier alpha value is -2.13. The molecule has 0 saturated carbocycles. The fraction of sp³-hybridized carbons (Fsp3) is 0.316. The molecule has 0 aliphatic heterocycles. The lowest BCUT2D eigenvalue weighted by Gasteiger charge is -2.28. The van der Waals surface area contributed by atoms with Crippen molar-refractivity contribution in [3.8, 4) is 0 Å². The molecule has 22 heavy (non-hydrogen) atoms. The molecule has 1 N–H and O–H groups in total. The number of carbonyl (C=O) groups is 1. The van der Waals surface area contributed by atoms with Gasteiger partial charge in [0.05, 0.1) is 13.0 Å². The van der Waals surface area contributed by atoms with Crippen molar-refractivity contribution >= 4 is 5.97 Å². The molecule has 0 saturated heterocycles. The molecular weight excluding hydrogens is 276 g/mol. The van der Waals surface area contributed by atoms with Crippen LogP contribution in [0.15, 0.2) is 60.7 Å². The number of esters is 1. The molecule has 3 heteroatoms. The van der Waals surface area contributed by atoms with E-state index in [1.807, 2.05) is 60.7 Å². The van der Waals surface area contributed by atoms with E-state index in [0.717, 1.165) is 11.1 Å². The van der Waals surface area contributed by atoms with Gasteiger partial charge in [0.25, 0.3) is 0 Å². The van der Waals surface area contributed by atoms with E-state index in [-0.39, 0.29) is 12.4 Å². The summed E-state index contributed by atoms with van der Waals surface area (Å²) in [4.78, 5) is 11.9. The summed E-state index contributed by atoms with van der Waals surface area (Å²) in [6.07, 6.45) is 1.14. The number of ether oxygens (including phenoxy) is 1. The molecule has 0 radical (unpaired) electrons. The van der Waals surface area contributed by atoms with Crippen molar-refractivity contribution in [2.24, 2.45) is 0 Å². The van der Waals surface area contributed by atoms with Crippen LogP contribution in [0, 0.1) is 0 Å². The number of aliphatic hydroxyl groups is 1. The summed E-state index contributed by atoms with van der Waals surface area (Å²) in [6, 6.07) is 19.3. The zero-order valence-electron chi connectivity index (χ0n) is 12.9. The van der Waals surface area contributed by atoms with Crippen LogP contribution in [0.3, 0.4) is 0 Å². The van der Waals surface area contributed by atoms with Crippen LogP contribution in [0.1, 0.15) is 30.9 Å². The van der Waals surface area contributed by atoms with Crippen LogP contribution < -0.4 is 0 Å². The molecule has 2 rings (SSSR count). The molecule has 116 valence electrons. The molecule has 0 aliphatic carbocycles. The fourth-order valence-electron chi connectivity index (χ4n) is 2.53. The van der Waals surface area contributed by atoms with E-state index in [2.05, 4.69) is 0 Å². The highest BCUT2D eigenvalue weighted by molar-refractivity contribution is 5.71.